The van der Waals surface area contributed by atoms with E-state index >= 15 is 0 Å². The van der Waals surface area contributed by atoms with E-state index in [4.69, 9.17) is 55.9 Å². The highest BCUT2D eigenvalue weighted by atomic mass is 79.9. The number of carbonyl (C=O) groups excluding carboxylic acids is 2. The van der Waals surface area contributed by atoms with E-state index in [2.05, 4.69) is 52.6 Å². The zero-order chi connectivity index (χ0) is 44.4. The molecule has 4 aliphatic heterocycles. The Balaban J connectivity index is 0.000000197. The zero-order valence-corrected chi connectivity index (χ0v) is 41.7. The Morgan fingerprint density at radius 2 is 1.12 bits per heavy atom. The number of nitrogens with zero attached hydrogens (tertiary/aromatic N) is 3. The van der Waals surface area contributed by atoms with Crippen LogP contribution in [0.15, 0.2) is 72.8 Å². The minimum atomic E-state index is 0. The molecule has 348 valence electrons. The first kappa shape index (κ1) is 51.8. The summed E-state index contributed by atoms with van der Waals surface area (Å²) in [5.41, 5.74) is 6.25. The van der Waals surface area contributed by atoms with Gasteiger partial charge in [-0.3, -0.25) is 9.59 Å². The van der Waals surface area contributed by atoms with Crippen molar-refractivity contribution in [1.82, 2.24) is 10.2 Å². The normalized spacial score (nSPS) is 16.1. The quantitative estimate of drug-likeness (QED) is 0.0900. The van der Waals surface area contributed by atoms with Crippen molar-refractivity contribution in [3.63, 3.8) is 0 Å². The predicted molar refractivity (Wildman–Crippen MR) is 273 cm³/mol. The number of benzene rings is 4. The van der Waals surface area contributed by atoms with Crippen molar-refractivity contribution in [1.29, 1.82) is 0 Å². The maximum atomic E-state index is 11.6. The third-order valence-corrected chi connectivity index (χ3v) is 13.5. The molecule has 4 aromatic carbocycles. The average Bonchev–Trinajstić information content (AvgIpc) is 3.71. The first-order valence-electron chi connectivity index (χ1n) is 22.2. The third-order valence-electron chi connectivity index (χ3n) is 11.4. The molecule has 0 aliphatic carbocycles. The number of hydrogen-bond acceptors (Lipinski definition) is 8. The summed E-state index contributed by atoms with van der Waals surface area (Å²) in [6.07, 6.45) is 9.28. The minimum absolute atomic E-state index is 0. The van der Waals surface area contributed by atoms with Gasteiger partial charge < -0.3 is 40.1 Å². The molecule has 0 saturated carbocycles. The Labute approximate surface area is 413 Å². The van der Waals surface area contributed by atoms with Crippen LogP contribution in [0.25, 0.3) is 0 Å². The van der Waals surface area contributed by atoms with Crippen LogP contribution in [0.3, 0.4) is 0 Å². The van der Waals surface area contributed by atoms with Gasteiger partial charge in [0.2, 0.25) is 11.8 Å². The van der Waals surface area contributed by atoms with Crippen LogP contribution in [-0.2, 0) is 22.4 Å². The van der Waals surface area contributed by atoms with Gasteiger partial charge in [-0.2, -0.15) is 0 Å². The summed E-state index contributed by atoms with van der Waals surface area (Å²) >= 11 is 28.2. The fraction of sp³-hybridized carbons (Fsp3) is 0.458. The number of fused-ring (bicyclic) bond motifs is 2. The number of anilines is 4. The van der Waals surface area contributed by atoms with Gasteiger partial charge >= 0.3 is 0 Å². The number of halogens is 6. The number of nitrogens with one attached hydrogen (secondary N) is 3. The molecule has 3 N–H and O–H groups in total. The van der Waals surface area contributed by atoms with Crippen molar-refractivity contribution < 1.29 is 19.1 Å². The second-order valence-electron chi connectivity index (χ2n) is 16.0. The van der Waals surface area contributed by atoms with E-state index in [9.17, 15) is 9.59 Å². The van der Waals surface area contributed by atoms with Crippen LogP contribution in [0.5, 0.6) is 11.5 Å². The van der Waals surface area contributed by atoms with E-state index in [-0.39, 0.29) is 24.2 Å². The lowest BCUT2D eigenvalue weighted by Crippen LogP contribution is -2.31. The van der Waals surface area contributed by atoms with Gasteiger partial charge in [0.1, 0.15) is 11.5 Å². The fourth-order valence-corrected chi connectivity index (χ4v) is 9.12. The molecular formula is C48H60BrCl5N6O4. The Bertz CT molecular complexity index is 2110. The van der Waals surface area contributed by atoms with Crippen LogP contribution in [0.2, 0.25) is 20.1 Å². The number of aryl methyl sites for hydroxylation is 2. The number of hydrogen-bond donors (Lipinski definition) is 3. The van der Waals surface area contributed by atoms with Crippen LogP contribution < -0.4 is 35.2 Å². The highest BCUT2D eigenvalue weighted by Gasteiger charge is 2.19. The first-order chi connectivity index (χ1) is 30.7. The molecule has 0 bridgehead atoms. The molecule has 0 unspecified atom stereocenters. The van der Waals surface area contributed by atoms with Crippen LogP contribution >= 0.6 is 74.7 Å². The van der Waals surface area contributed by atoms with E-state index in [1.165, 1.54) is 11.1 Å². The van der Waals surface area contributed by atoms with Gasteiger partial charge in [0, 0.05) is 80.9 Å². The number of amides is 2. The molecule has 2 fully saturated rings. The van der Waals surface area contributed by atoms with Gasteiger partial charge in [-0.25, -0.2) is 0 Å². The summed E-state index contributed by atoms with van der Waals surface area (Å²) in [7, 11) is 0. The number of carbonyl (C=O) groups is 2. The van der Waals surface area contributed by atoms with Crippen molar-refractivity contribution in [3.8, 4) is 11.5 Å². The van der Waals surface area contributed by atoms with Crippen LogP contribution in [0, 0.1) is 0 Å². The van der Waals surface area contributed by atoms with E-state index < -0.39 is 0 Å². The molecule has 8 rings (SSSR count). The Hall–Kier alpha value is -3.13. The average molecular weight is 1040 g/mol. The molecule has 10 nitrogen and oxygen atoms in total. The third kappa shape index (κ3) is 16.0. The van der Waals surface area contributed by atoms with E-state index in [0.29, 0.717) is 39.5 Å². The van der Waals surface area contributed by atoms with Crippen LogP contribution in [0.1, 0.15) is 62.5 Å². The smallest absolute Gasteiger partial charge is 0.224 e. The summed E-state index contributed by atoms with van der Waals surface area (Å²) < 4.78 is 11.6. The maximum Gasteiger partial charge on any atom is 0.224 e. The summed E-state index contributed by atoms with van der Waals surface area (Å²) in [6.45, 7) is 10.6. The molecule has 16 heteroatoms. The minimum Gasteiger partial charge on any atom is -0.494 e. The van der Waals surface area contributed by atoms with Crippen molar-refractivity contribution in [2.24, 2.45) is 0 Å². The Morgan fingerprint density at radius 1 is 0.578 bits per heavy atom. The number of rotatable bonds is 13. The fourth-order valence-electron chi connectivity index (χ4n) is 7.89. The molecule has 64 heavy (non-hydrogen) atoms. The summed E-state index contributed by atoms with van der Waals surface area (Å²) in [6, 6.07) is 23.6. The second kappa shape index (κ2) is 27.5. The second-order valence-corrected chi connectivity index (χ2v) is 18.3. The summed E-state index contributed by atoms with van der Waals surface area (Å²) in [4.78, 5) is 30.0. The molecule has 0 spiro atoms. The summed E-state index contributed by atoms with van der Waals surface area (Å²) in [5, 5.41) is 12.7. The standard InChI is InChI=1S/C24H29Cl2N3O2.C13H16BrNO2.C11H14Cl2N2.ClH/c25-20-5-3-6-22(24(20)26)29-13-4-12-28(14-15-29)11-1-2-16-31-19-9-7-18-8-10-23(30)27-21(18)17-19;14-7-1-2-8-17-11-5-3-10-4-6-13(16)15-12(10)9-11;12-9-3-1-4-10(11(9)13)15-7-2-5-14-6-8-15;/h3,5-7,9,17H,1-2,4,8,10-16H2,(H,27,30);3,5,9H,1-2,4,6-8H2,(H,15,16);1,3-4,14H,2,5-8H2;1H. The van der Waals surface area contributed by atoms with Crippen molar-refractivity contribution in [2.75, 3.05) is 97.9 Å². The molecule has 4 aromatic rings. The number of unbranched alkanes of at least 4 members (excludes halogenated alkanes) is 2. The van der Waals surface area contributed by atoms with Crippen molar-refractivity contribution >= 4 is 109 Å². The lowest BCUT2D eigenvalue weighted by atomic mass is 10.0. The lowest BCUT2D eigenvalue weighted by molar-refractivity contribution is -0.117. The molecule has 2 amide bonds. The van der Waals surface area contributed by atoms with Gasteiger partial charge in [0.05, 0.1) is 44.7 Å². The lowest BCUT2D eigenvalue weighted by Gasteiger charge is -2.25. The molecule has 0 radical (unpaired) electrons. The SMILES string of the molecule is Cl.Clc1cccc(N2CCCNCC2)c1Cl.O=C1CCc2ccc(OCCCCBr)cc2N1.O=C1CCc2ccc(OCCCCN3CCCN(c4cccc(Cl)c4Cl)CC3)cc2N1. The van der Waals surface area contributed by atoms with Crippen molar-refractivity contribution in [3.05, 3.63) is 104 Å². The number of ether oxygens (including phenoxy) is 2. The predicted octanol–water partition coefficient (Wildman–Crippen LogP) is 11.6. The van der Waals surface area contributed by atoms with Gasteiger partial charge in [-0.05, 0) is 119 Å². The Kier molecular flexibility index (Phi) is 22.3. The van der Waals surface area contributed by atoms with Gasteiger partial charge in [0.25, 0.3) is 0 Å². The van der Waals surface area contributed by atoms with Gasteiger partial charge in [0.15, 0.2) is 0 Å². The van der Waals surface area contributed by atoms with E-state index in [1.54, 1.807) is 0 Å². The highest BCUT2D eigenvalue weighted by molar-refractivity contribution is 9.09. The van der Waals surface area contributed by atoms with Gasteiger partial charge in [-0.15, -0.1) is 12.4 Å². The van der Waals surface area contributed by atoms with Crippen LogP contribution in [0.4, 0.5) is 22.7 Å². The van der Waals surface area contributed by atoms with E-state index in [0.717, 1.165) is 156 Å². The topological polar surface area (TPSA) is 98.4 Å². The largest absolute Gasteiger partial charge is 0.494 e. The molecule has 4 heterocycles. The monoisotopic (exact) mass is 1040 g/mol. The van der Waals surface area contributed by atoms with Gasteiger partial charge in [-0.1, -0.05) is 86.6 Å². The summed E-state index contributed by atoms with van der Waals surface area (Å²) in [5.74, 6) is 1.83. The van der Waals surface area contributed by atoms with Crippen LogP contribution in [-0.4, -0.2) is 94.2 Å². The first-order valence-corrected chi connectivity index (χ1v) is 24.8. The van der Waals surface area contributed by atoms with E-state index in [1.807, 2.05) is 66.7 Å². The maximum absolute atomic E-state index is 11.6. The highest BCUT2D eigenvalue weighted by Crippen LogP contribution is 2.34. The molecular weight excluding hydrogens is 982 g/mol. The molecule has 0 aromatic heterocycles. The molecule has 2 saturated heterocycles. The van der Waals surface area contributed by atoms with Crippen molar-refractivity contribution in [2.45, 2.75) is 64.2 Å². The number of alkyl halides is 1. The zero-order valence-electron chi connectivity index (χ0n) is 36.3. The molecule has 0 atom stereocenters. The molecule has 4 aliphatic rings. The Morgan fingerprint density at radius 3 is 1.70 bits per heavy atom.